The molecule has 6 heterocycles. The van der Waals surface area contributed by atoms with Gasteiger partial charge in [-0.05, 0) is 155 Å². The van der Waals surface area contributed by atoms with Crippen molar-refractivity contribution >= 4 is 58.0 Å². The van der Waals surface area contributed by atoms with E-state index in [1.807, 2.05) is 17.2 Å². The number of hydrogen-bond donors (Lipinski definition) is 4. The van der Waals surface area contributed by atoms with E-state index in [1.165, 1.54) is 22.9 Å². The number of aliphatic imine (C=N–C) groups is 1. The summed E-state index contributed by atoms with van der Waals surface area (Å²) in [6.07, 6.45) is 13.5. The van der Waals surface area contributed by atoms with E-state index < -0.39 is 17.7 Å². The minimum Gasteiger partial charge on any atom is -0.442 e. The van der Waals surface area contributed by atoms with Crippen molar-refractivity contribution < 1.29 is 28.3 Å². The number of likely N-dealkylation sites (tertiary alicyclic amines) is 1. The topological polar surface area (TPSA) is 170 Å². The van der Waals surface area contributed by atoms with Crippen LogP contribution in [0.25, 0.3) is 11.1 Å². The standard InChI is InChI=1S/C55H71FN10O5/c1-8-38(9-13-48(57)60-54(70)71-55(4,5)6)43-15-20-58-51-44(43)32-42(62(51)7)34-63-21-18-39(19-22-63)50-35(2)29-40(30-36(50)3)53(69)66-23-16-37(17-24-66)33-64-25-27-65(28-26-64)47-12-10-41(31-45(47)56)59-46-11-14-49(67)61-52(46)68/h9-10,12-13,15,18,20,29-32,37,46,58-59H,8,11,14,16-17,19,21-28,33-34H2,1-7H3,(H2,57,60,70)(H,61,67,68)/b13-9-,43-38-. The highest BCUT2D eigenvalue weighted by Crippen LogP contribution is 2.37. The van der Waals surface area contributed by atoms with E-state index in [0.29, 0.717) is 23.7 Å². The third kappa shape index (κ3) is 12.3. The number of amidine groups is 1. The van der Waals surface area contributed by atoms with Crippen molar-refractivity contribution in [2.75, 3.05) is 74.4 Å². The van der Waals surface area contributed by atoms with Crippen molar-refractivity contribution in [3.8, 4) is 0 Å². The fraction of sp³-hybridized carbons (Fsp3) is 0.473. The lowest BCUT2D eigenvalue weighted by Crippen LogP contribution is -2.49. The monoisotopic (exact) mass is 971 g/mol. The van der Waals surface area contributed by atoms with E-state index in [0.717, 1.165) is 130 Å². The molecule has 0 aliphatic carbocycles. The molecule has 0 saturated carbocycles. The van der Waals surface area contributed by atoms with E-state index in [4.69, 9.17) is 10.5 Å². The maximum atomic E-state index is 15.3. The van der Waals surface area contributed by atoms with E-state index in [1.54, 1.807) is 39.0 Å². The van der Waals surface area contributed by atoms with Gasteiger partial charge in [-0.3, -0.25) is 29.5 Å². The molecule has 378 valence electrons. The first-order chi connectivity index (χ1) is 33.9. The molecule has 71 heavy (non-hydrogen) atoms. The Labute approximate surface area is 417 Å². The SMILES string of the molecule is CCC(/C=C\C(N)=N\C(=O)OC(C)(C)C)=C1\C=CNc2c1cc(CN1CC=C(c3c(C)cc(C(=O)N4CCC(CN5CCN(c6ccc(NC7CCC(=O)NC7=O)cc6F)CC5)CC4)cc3C)CC1)n2C. The molecular formula is C55H71FN10O5. The van der Waals surface area contributed by atoms with Crippen molar-refractivity contribution in [3.63, 3.8) is 0 Å². The maximum Gasteiger partial charge on any atom is 0.436 e. The highest BCUT2D eigenvalue weighted by molar-refractivity contribution is 6.01. The predicted molar refractivity (Wildman–Crippen MR) is 280 cm³/mol. The maximum absolute atomic E-state index is 15.3. The van der Waals surface area contributed by atoms with Crippen LogP contribution in [0.1, 0.15) is 105 Å². The lowest BCUT2D eigenvalue weighted by molar-refractivity contribution is -0.133. The van der Waals surface area contributed by atoms with Crippen molar-refractivity contribution in [3.05, 3.63) is 112 Å². The van der Waals surface area contributed by atoms with Gasteiger partial charge in [0.1, 0.15) is 29.1 Å². The van der Waals surface area contributed by atoms with Crippen molar-refractivity contribution in [2.45, 2.75) is 98.3 Å². The number of hydrogen-bond acceptors (Lipinski definition) is 10. The van der Waals surface area contributed by atoms with Gasteiger partial charge in [0.05, 0.1) is 5.69 Å². The van der Waals surface area contributed by atoms with Crippen LogP contribution < -0.4 is 26.6 Å². The number of ether oxygens (including phenoxy) is 1. The molecule has 16 heteroatoms. The van der Waals surface area contributed by atoms with Gasteiger partial charge < -0.3 is 35.5 Å². The first kappa shape index (κ1) is 50.9. The number of nitrogens with two attached hydrogens (primary N) is 1. The van der Waals surface area contributed by atoms with Crippen LogP contribution in [0.15, 0.2) is 77.5 Å². The summed E-state index contributed by atoms with van der Waals surface area (Å²) in [7, 11) is 2.10. The van der Waals surface area contributed by atoms with Crippen LogP contribution in [-0.4, -0.2) is 119 Å². The first-order valence-corrected chi connectivity index (χ1v) is 25.2. The zero-order chi connectivity index (χ0) is 50.6. The predicted octanol–water partition coefficient (Wildman–Crippen LogP) is 7.91. The summed E-state index contributed by atoms with van der Waals surface area (Å²) in [5.41, 5.74) is 16.6. The van der Waals surface area contributed by atoms with Gasteiger partial charge in [-0.1, -0.05) is 19.1 Å². The van der Waals surface area contributed by atoms with Crippen LogP contribution in [0, 0.1) is 25.6 Å². The summed E-state index contributed by atoms with van der Waals surface area (Å²) in [4.78, 5) is 62.7. The second-order valence-electron chi connectivity index (χ2n) is 20.6. The molecule has 1 unspecified atom stereocenters. The minimum absolute atomic E-state index is 0.0875. The number of amides is 4. The molecule has 0 spiro atoms. The number of imide groups is 1. The quantitative estimate of drug-likeness (QED) is 0.0791. The molecule has 3 saturated heterocycles. The summed E-state index contributed by atoms with van der Waals surface area (Å²) in [6.45, 7) is 19.8. The van der Waals surface area contributed by atoms with Crippen LogP contribution >= 0.6 is 0 Å². The van der Waals surface area contributed by atoms with E-state index in [2.05, 4.69) is 98.4 Å². The largest absolute Gasteiger partial charge is 0.442 e. The smallest absolute Gasteiger partial charge is 0.436 e. The van der Waals surface area contributed by atoms with Gasteiger partial charge in [0, 0.05) is 108 Å². The zero-order valence-electron chi connectivity index (χ0n) is 42.5. The third-order valence-electron chi connectivity index (χ3n) is 14.3. The van der Waals surface area contributed by atoms with Gasteiger partial charge in [-0.2, -0.15) is 4.99 Å². The number of fused-ring (bicyclic) bond motifs is 1. The van der Waals surface area contributed by atoms with Gasteiger partial charge in [0.2, 0.25) is 11.8 Å². The second-order valence-corrected chi connectivity index (χ2v) is 20.6. The number of aromatic nitrogens is 1. The second kappa shape index (κ2) is 21.9. The molecular weight excluding hydrogens is 900 g/mol. The number of carbonyl (C=O) groups excluding carboxylic acids is 4. The summed E-state index contributed by atoms with van der Waals surface area (Å²) in [5, 5.41) is 8.85. The Hall–Kier alpha value is -6.52. The van der Waals surface area contributed by atoms with Gasteiger partial charge in [0.25, 0.3) is 5.91 Å². The van der Waals surface area contributed by atoms with Crippen molar-refractivity contribution in [1.29, 1.82) is 0 Å². The van der Waals surface area contributed by atoms with Crippen molar-refractivity contribution in [1.82, 2.24) is 24.6 Å². The highest BCUT2D eigenvalue weighted by Gasteiger charge is 2.30. The lowest BCUT2D eigenvalue weighted by Gasteiger charge is -2.39. The van der Waals surface area contributed by atoms with Crippen LogP contribution in [0.3, 0.4) is 0 Å². The molecule has 0 bridgehead atoms. The van der Waals surface area contributed by atoms with Gasteiger partial charge in [-0.15, -0.1) is 0 Å². The zero-order valence-corrected chi connectivity index (χ0v) is 42.5. The first-order valence-electron chi connectivity index (χ1n) is 25.2. The number of nitrogens with zero attached hydrogens (tertiary/aromatic N) is 6. The molecule has 1 atom stereocenters. The molecule has 5 aliphatic rings. The number of nitrogens with one attached hydrogen (secondary N) is 3. The summed E-state index contributed by atoms with van der Waals surface area (Å²) in [5.74, 6) is 0.723. The van der Waals surface area contributed by atoms with Gasteiger partial charge >= 0.3 is 6.09 Å². The summed E-state index contributed by atoms with van der Waals surface area (Å²) < 4.78 is 22.8. The Morgan fingerprint density at radius 3 is 2.32 bits per heavy atom. The average Bonchev–Trinajstić information content (AvgIpc) is 3.64. The molecule has 2 aromatic carbocycles. The molecule has 8 rings (SSSR count). The number of allylic oxidation sites excluding steroid dienone is 4. The summed E-state index contributed by atoms with van der Waals surface area (Å²) >= 11 is 0. The number of aryl methyl sites for hydroxylation is 2. The fourth-order valence-electron chi connectivity index (χ4n) is 10.6. The van der Waals surface area contributed by atoms with E-state index >= 15 is 4.39 Å². The Bertz CT molecular complexity index is 2670. The number of carbonyl (C=O) groups is 4. The van der Waals surface area contributed by atoms with E-state index in [9.17, 15) is 19.2 Å². The molecule has 3 fully saturated rings. The number of piperazine rings is 1. The molecule has 1 aromatic heterocycles. The van der Waals surface area contributed by atoms with Crippen LogP contribution in [0.2, 0.25) is 0 Å². The molecule has 4 amide bonds. The lowest BCUT2D eigenvalue weighted by atomic mass is 9.89. The number of benzene rings is 2. The van der Waals surface area contributed by atoms with Crippen LogP contribution in [0.4, 0.5) is 26.4 Å². The Kier molecular flexibility index (Phi) is 15.7. The molecule has 5 N–H and O–H groups in total. The van der Waals surface area contributed by atoms with Crippen LogP contribution in [-0.2, 0) is 27.9 Å². The fourth-order valence-corrected chi connectivity index (χ4v) is 10.6. The van der Waals surface area contributed by atoms with E-state index in [-0.39, 0.29) is 35.8 Å². The Balaban J connectivity index is 0.811. The van der Waals surface area contributed by atoms with Crippen LogP contribution in [0.5, 0.6) is 0 Å². The Morgan fingerprint density at radius 1 is 0.944 bits per heavy atom. The average molecular weight is 971 g/mol. The molecule has 15 nitrogen and oxygen atoms in total. The number of piperidine rings is 2. The number of anilines is 3. The van der Waals surface area contributed by atoms with Gasteiger partial charge in [-0.25, -0.2) is 9.18 Å². The number of rotatable bonds is 12. The number of halogens is 1. The molecule has 0 radical (unpaired) electrons. The normalized spacial score (nSPS) is 20.4. The highest BCUT2D eigenvalue weighted by atomic mass is 19.1. The molecule has 3 aromatic rings. The van der Waals surface area contributed by atoms with Gasteiger partial charge in [0.15, 0.2) is 0 Å². The molecule has 5 aliphatic heterocycles. The summed E-state index contributed by atoms with van der Waals surface area (Å²) in [6, 6.07) is 10.9. The van der Waals surface area contributed by atoms with Crippen molar-refractivity contribution in [2.24, 2.45) is 23.7 Å². The Morgan fingerprint density at radius 2 is 1.68 bits per heavy atom. The minimum atomic E-state index is -0.714. The third-order valence-corrected chi connectivity index (χ3v) is 14.3.